The van der Waals surface area contributed by atoms with Crippen molar-refractivity contribution in [2.45, 2.75) is 109 Å². The molecule has 0 saturated heterocycles. The van der Waals surface area contributed by atoms with Crippen molar-refractivity contribution in [3.8, 4) is 0 Å². The molecule has 2 unspecified atom stereocenters. The summed E-state index contributed by atoms with van der Waals surface area (Å²) in [5.41, 5.74) is 11.6. The highest BCUT2D eigenvalue weighted by atomic mass is 14.4. The van der Waals surface area contributed by atoms with Crippen LogP contribution in [0, 0.1) is 22.7 Å². The van der Waals surface area contributed by atoms with E-state index in [1.165, 1.54) is 59.1 Å². The van der Waals surface area contributed by atoms with Gasteiger partial charge >= 0.3 is 0 Å². The van der Waals surface area contributed by atoms with Crippen LogP contribution in [0.2, 0.25) is 0 Å². The number of rotatable bonds is 10. The van der Waals surface area contributed by atoms with Gasteiger partial charge in [0.15, 0.2) is 0 Å². The topological polar surface area (TPSA) is 0 Å². The Morgan fingerprint density at radius 2 is 0.833 bits per heavy atom. The predicted molar refractivity (Wildman–Crippen MR) is 190 cm³/mol. The van der Waals surface area contributed by atoms with Crippen molar-refractivity contribution < 1.29 is 0 Å². The first-order valence-electron chi connectivity index (χ1n) is 16.1. The lowest BCUT2D eigenvalue weighted by Gasteiger charge is -2.36. The molecule has 0 radical (unpaired) electrons. The highest BCUT2D eigenvalue weighted by Crippen LogP contribution is 2.44. The maximum Gasteiger partial charge on any atom is -0.0101 e. The lowest BCUT2D eigenvalue weighted by Crippen LogP contribution is -2.23. The molecule has 2 aliphatic rings. The molecule has 0 spiro atoms. The third-order valence-electron chi connectivity index (χ3n) is 8.70. The minimum absolute atomic E-state index is 0.262. The molecule has 2 atom stereocenters. The van der Waals surface area contributed by atoms with Gasteiger partial charge in [0, 0.05) is 0 Å². The SMILES string of the molecule is CC1=C(/C=C/C(C)=C/C=C/C(C)=C/C=C/C=C(C)/C=C/C=C(C)/C=C/C2=C(C)CC(C)CC2(C)C)C(C)(C)CC(C)C1. The Bertz CT molecular complexity index is 1180. The van der Waals surface area contributed by atoms with E-state index in [-0.39, 0.29) is 10.8 Å². The highest BCUT2D eigenvalue weighted by molar-refractivity contribution is 5.39. The van der Waals surface area contributed by atoms with Crippen LogP contribution in [0.5, 0.6) is 0 Å². The molecule has 0 aromatic carbocycles. The summed E-state index contributed by atoms with van der Waals surface area (Å²) in [6, 6.07) is 0. The van der Waals surface area contributed by atoms with Crippen LogP contribution < -0.4 is 0 Å². The summed E-state index contributed by atoms with van der Waals surface area (Å²) >= 11 is 0. The fourth-order valence-electron chi connectivity index (χ4n) is 7.03. The standard InChI is InChI=1S/C42H60/c1-31(19-15-21-33(3)23-25-39-37(7)27-35(5)29-41(39,9)10)17-13-14-18-32(2)20-16-22-34(4)24-26-40-38(8)28-36(6)30-42(40,11)12/h13-26,35-36H,27-30H2,1-12H3/b14-13+,19-15+,20-16+,25-23+,26-24+,31-17+,32-18+,33-21+,34-22+. The van der Waals surface area contributed by atoms with Gasteiger partial charge < -0.3 is 0 Å². The van der Waals surface area contributed by atoms with E-state index in [9.17, 15) is 0 Å². The van der Waals surface area contributed by atoms with E-state index >= 15 is 0 Å². The Balaban J connectivity index is 1.90. The minimum Gasteiger partial charge on any atom is -0.0693 e. The van der Waals surface area contributed by atoms with Gasteiger partial charge in [0.05, 0.1) is 0 Å². The molecule has 0 amide bonds. The molecule has 0 heterocycles. The molecule has 0 N–H and O–H groups in total. The van der Waals surface area contributed by atoms with Crippen molar-refractivity contribution in [3.63, 3.8) is 0 Å². The zero-order chi connectivity index (χ0) is 31.5. The van der Waals surface area contributed by atoms with Crippen LogP contribution in [-0.4, -0.2) is 0 Å². The normalized spacial score (nSPS) is 25.0. The molecule has 0 nitrogen and oxygen atoms in total. The Morgan fingerprint density at radius 1 is 0.524 bits per heavy atom. The van der Waals surface area contributed by atoms with E-state index in [4.69, 9.17) is 0 Å². The van der Waals surface area contributed by atoms with E-state index in [0.717, 1.165) is 11.8 Å². The fourth-order valence-corrected chi connectivity index (χ4v) is 7.03. The average Bonchev–Trinajstić information content (AvgIpc) is 2.84. The Labute approximate surface area is 260 Å². The van der Waals surface area contributed by atoms with Crippen LogP contribution in [0.15, 0.2) is 130 Å². The van der Waals surface area contributed by atoms with Crippen LogP contribution >= 0.6 is 0 Å². The lowest BCUT2D eigenvalue weighted by atomic mass is 9.69. The van der Waals surface area contributed by atoms with Crippen molar-refractivity contribution in [2.75, 3.05) is 0 Å². The smallest absolute Gasteiger partial charge is 0.0101 e. The lowest BCUT2D eigenvalue weighted by molar-refractivity contribution is 0.306. The van der Waals surface area contributed by atoms with Crippen molar-refractivity contribution >= 4 is 0 Å². The van der Waals surface area contributed by atoms with Gasteiger partial charge in [0.25, 0.3) is 0 Å². The molecule has 0 saturated carbocycles. The summed E-state index contributed by atoms with van der Waals surface area (Å²) in [5.74, 6) is 1.56. The summed E-state index contributed by atoms with van der Waals surface area (Å²) in [7, 11) is 0. The van der Waals surface area contributed by atoms with Gasteiger partial charge in [-0.2, -0.15) is 0 Å². The third-order valence-corrected chi connectivity index (χ3v) is 8.70. The van der Waals surface area contributed by atoms with Crippen molar-refractivity contribution in [1.82, 2.24) is 0 Å². The second kappa shape index (κ2) is 16.1. The van der Waals surface area contributed by atoms with Crippen LogP contribution in [0.3, 0.4) is 0 Å². The van der Waals surface area contributed by atoms with E-state index < -0.39 is 0 Å². The second-order valence-corrected chi connectivity index (χ2v) is 14.6. The third kappa shape index (κ3) is 11.8. The zero-order valence-corrected chi connectivity index (χ0v) is 29.1. The monoisotopic (exact) mass is 564 g/mol. The molecule has 0 aromatic heterocycles. The van der Waals surface area contributed by atoms with Crippen LogP contribution in [0.25, 0.3) is 0 Å². The van der Waals surface area contributed by atoms with E-state index in [1.54, 1.807) is 11.1 Å². The van der Waals surface area contributed by atoms with Crippen molar-refractivity contribution in [3.05, 3.63) is 130 Å². The molecule has 2 aliphatic carbocycles. The molecule has 42 heavy (non-hydrogen) atoms. The second-order valence-electron chi connectivity index (χ2n) is 14.6. The predicted octanol–water partition coefficient (Wildman–Crippen LogP) is 13.1. The molecule has 2 rings (SSSR count). The summed E-state index contributed by atoms with van der Waals surface area (Å²) in [5, 5.41) is 0. The molecular weight excluding hydrogens is 504 g/mol. The fraction of sp³-hybridized carbons (Fsp3) is 0.476. The van der Waals surface area contributed by atoms with Gasteiger partial charge in [-0.15, -0.1) is 0 Å². The largest absolute Gasteiger partial charge is 0.0693 e. The zero-order valence-electron chi connectivity index (χ0n) is 29.1. The van der Waals surface area contributed by atoms with Gasteiger partial charge in [-0.25, -0.2) is 0 Å². The van der Waals surface area contributed by atoms with E-state index in [1.807, 2.05) is 0 Å². The Hall–Kier alpha value is -2.86. The number of hydrogen-bond donors (Lipinski definition) is 0. The first-order chi connectivity index (χ1) is 19.6. The first kappa shape index (κ1) is 35.3. The van der Waals surface area contributed by atoms with Crippen LogP contribution in [0.1, 0.15) is 109 Å². The molecule has 0 fully saturated rings. The minimum atomic E-state index is 0.262. The Kier molecular flexibility index (Phi) is 13.6. The average molecular weight is 565 g/mol. The number of hydrogen-bond acceptors (Lipinski definition) is 0. The maximum atomic E-state index is 2.38. The van der Waals surface area contributed by atoms with Crippen molar-refractivity contribution in [2.24, 2.45) is 22.7 Å². The van der Waals surface area contributed by atoms with Gasteiger partial charge in [-0.1, -0.05) is 160 Å². The van der Waals surface area contributed by atoms with E-state index in [2.05, 4.69) is 168 Å². The van der Waals surface area contributed by atoms with Gasteiger partial charge in [0.1, 0.15) is 0 Å². The molecule has 0 bridgehead atoms. The van der Waals surface area contributed by atoms with Crippen LogP contribution in [0.4, 0.5) is 0 Å². The summed E-state index contributed by atoms with van der Waals surface area (Å²) in [4.78, 5) is 0. The quantitative estimate of drug-likeness (QED) is 0.231. The molecule has 0 aliphatic heterocycles. The highest BCUT2D eigenvalue weighted by Gasteiger charge is 2.31. The molecule has 0 aromatic rings. The molecule has 228 valence electrons. The van der Waals surface area contributed by atoms with Gasteiger partial charge in [-0.3, -0.25) is 0 Å². The molecular formula is C42H60. The summed E-state index contributed by atoms with van der Waals surface area (Å²) < 4.78 is 0. The van der Waals surface area contributed by atoms with Crippen LogP contribution in [-0.2, 0) is 0 Å². The summed E-state index contributed by atoms with van der Waals surface area (Å²) in [6.07, 6.45) is 35.8. The first-order valence-corrected chi connectivity index (χ1v) is 16.1. The van der Waals surface area contributed by atoms with Crippen molar-refractivity contribution in [1.29, 1.82) is 0 Å². The van der Waals surface area contributed by atoms with E-state index in [0.29, 0.717) is 0 Å². The molecule has 0 heteroatoms. The van der Waals surface area contributed by atoms with Gasteiger partial charge in [0.2, 0.25) is 0 Å². The van der Waals surface area contributed by atoms with Gasteiger partial charge in [-0.05, 0) is 101 Å². The Morgan fingerprint density at radius 3 is 1.17 bits per heavy atom. The maximum absolute atomic E-state index is 2.38. The number of allylic oxidation sites excluding steroid dienone is 22. The summed E-state index contributed by atoms with van der Waals surface area (Å²) in [6.45, 7) is 27.5.